The molecule has 1 atom stereocenters. The average molecular weight is 353 g/mol. The smallest absolute Gasteiger partial charge is 0.410 e. The molecular weight excluding hydrogens is 324 g/mol. The van der Waals surface area contributed by atoms with Gasteiger partial charge in [-0.15, -0.1) is 11.3 Å². The molecule has 1 rings (SSSR count). The van der Waals surface area contributed by atoms with Crippen molar-refractivity contribution in [2.75, 3.05) is 12.4 Å². The SMILES string of the molecule is C=CC(=O)Nc1sc(C(C)N(C)C(=O)OC(C)(C)C)c(CC)c1C. The number of carbonyl (C=O) groups is 2. The summed E-state index contributed by atoms with van der Waals surface area (Å²) in [4.78, 5) is 26.6. The molecule has 0 aromatic carbocycles. The van der Waals surface area contributed by atoms with Gasteiger partial charge < -0.3 is 15.0 Å². The second-order valence-electron chi connectivity index (χ2n) is 6.71. The summed E-state index contributed by atoms with van der Waals surface area (Å²) >= 11 is 1.50. The molecule has 2 amide bonds. The molecule has 0 saturated heterocycles. The monoisotopic (exact) mass is 352 g/mol. The maximum atomic E-state index is 12.3. The summed E-state index contributed by atoms with van der Waals surface area (Å²) in [6, 6.07) is -0.145. The zero-order valence-electron chi connectivity index (χ0n) is 15.6. The van der Waals surface area contributed by atoms with Crippen LogP contribution < -0.4 is 5.32 Å². The van der Waals surface area contributed by atoms with Crippen molar-refractivity contribution in [3.05, 3.63) is 28.7 Å². The molecule has 0 aliphatic heterocycles. The molecule has 5 nitrogen and oxygen atoms in total. The minimum absolute atomic E-state index is 0.145. The fourth-order valence-corrected chi connectivity index (χ4v) is 3.69. The Labute approximate surface area is 148 Å². The number of hydrogen-bond donors (Lipinski definition) is 1. The summed E-state index contributed by atoms with van der Waals surface area (Å²) < 4.78 is 5.44. The standard InChI is InChI=1S/C18H28N2O3S/c1-9-13-11(3)16(19-14(21)10-2)24-15(13)12(4)20(8)17(22)23-18(5,6)7/h10,12H,2,9H2,1,3-8H3,(H,19,21). The molecule has 1 aromatic rings. The Bertz CT molecular complexity index is 629. The molecule has 1 N–H and O–H groups in total. The van der Waals surface area contributed by atoms with Crippen LogP contribution in [0, 0.1) is 6.92 Å². The third-order valence-electron chi connectivity index (χ3n) is 3.72. The molecule has 0 aliphatic rings. The molecule has 0 bridgehead atoms. The number of carbonyl (C=O) groups excluding carboxylic acids is 2. The van der Waals surface area contributed by atoms with Crippen molar-refractivity contribution in [3.8, 4) is 0 Å². The molecule has 1 unspecified atom stereocenters. The van der Waals surface area contributed by atoms with Gasteiger partial charge in [0.1, 0.15) is 5.60 Å². The fourth-order valence-electron chi connectivity index (χ4n) is 2.30. The molecule has 0 radical (unpaired) electrons. The van der Waals surface area contributed by atoms with Crippen molar-refractivity contribution in [1.82, 2.24) is 4.90 Å². The zero-order chi connectivity index (χ0) is 18.7. The lowest BCUT2D eigenvalue weighted by Crippen LogP contribution is -2.35. The molecule has 0 spiro atoms. The van der Waals surface area contributed by atoms with Crippen molar-refractivity contribution >= 4 is 28.3 Å². The summed E-state index contributed by atoms with van der Waals surface area (Å²) in [5.74, 6) is -0.235. The predicted octanol–water partition coefficient (Wildman–Crippen LogP) is 4.67. The summed E-state index contributed by atoms with van der Waals surface area (Å²) in [5.41, 5.74) is 1.66. The Hall–Kier alpha value is -1.82. The van der Waals surface area contributed by atoms with Crippen molar-refractivity contribution in [3.63, 3.8) is 0 Å². The first-order chi connectivity index (χ1) is 11.0. The highest BCUT2D eigenvalue weighted by molar-refractivity contribution is 7.16. The van der Waals surface area contributed by atoms with Crippen molar-refractivity contribution in [2.45, 2.75) is 59.6 Å². The minimum atomic E-state index is -0.535. The fraction of sp³-hybridized carbons (Fsp3) is 0.556. The number of hydrogen-bond acceptors (Lipinski definition) is 4. The minimum Gasteiger partial charge on any atom is -0.444 e. The van der Waals surface area contributed by atoms with Gasteiger partial charge in [-0.25, -0.2) is 4.79 Å². The molecule has 24 heavy (non-hydrogen) atoms. The van der Waals surface area contributed by atoms with Gasteiger partial charge in [0.25, 0.3) is 0 Å². The number of thiophene rings is 1. The predicted molar refractivity (Wildman–Crippen MR) is 99.7 cm³/mol. The van der Waals surface area contributed by atoms with Crippen LogP contribution in [-0.4, -0.2) is 29.5 Å². The second kappa shape index (κ2) is 7.83. The Morgan fingerprint density at radius 3 is 2.46 bits per heavy atom. The van der Waals surface area contributed by atoms with E-state index in [1.165, 1.54) is 17.4 Å². The summed E-state index contributed by atoms with van der Waals surface area (Å²) in [6.45, 7) is 15.0. The largest absolute Gasteiger partial charge is 0.444 e. The van der Waals surface area contributed by atoms with E-state index >= 15 is 0 Å². The van der Waals surface area contributed by atoms with Crippen LogP contribution in [0.25, 0.3) is 0 Å². The highest BCUT2D eigenvalue weighted by Crippen LogP contribution is 2.39. The first kappa shape index (κ1) is 20.2. The van der Waals surface area contributed by atoms with E-state index in [2.05, 4.69) is 18.8 Å². The van der Waals surface area contributed by atoms with Crippen LogP contribution >= 0.6 is 11.3 Å². The van der Waals surface area contributed by atoms with Crippen molar-refractivity contribution < 1.29 is 14.3 Å². The number of nitrogens with zero attached hydrogens (tertiary/aromatic N) is 1. The molecule has 1 heterocycles. The van der Waals surface area contributed by atoms with Crippen LogP contribution in [0.2, 0.25) is 0 Å². The van der Waals surface area contributed by atoms with Crippen molar-refractivity contribution in [1.29, 1.82) is 0 Å². The van der Waals surface area contributed by atoms with Crippen molar-refractivity contribution in [2.24, 2.45) is 0 Å². The molecule has 1 aromatic heterocycles. The van der Waals surface area contributed by atoms with Gasteiger partial charge in [0.15, 0.2) is 0 Å². The lowest BCUT2D eigenvalue weighted by Gasteiger charge is -2.28. The topological polar surface area (TPSA) is 58.6 Å². The Balaban J connectivity index is 3.11. The number of rotatable bonds is 5. The first-order valence-electron chi connectivity index (χ1n) is 8.03. The van der Waals surface area contributed by atoms with Gasteiger partial charge in [-0.2, -0.15) is 0 Å². The van der Waals surface area contributed by atoms with E-state index in [0.717, 1.165) is 27.4 Å². The number of nitrogens with one attached hydrogen (secondary N) is 1. The Morgan fingerprint density at radius 1 is 1.42 bits per heavy atom. The van der Waals surface area contributed by atoms with E-state index in [1.807, 2.05) is 34.6 Å². The molecule has 6 heteroatoms. The zero-order valence-corrected chi connectivity index (χ0v) is 16.5. The molecular formula is C18H28N2O3S. The molecule has 134 valence electrons. The van der Waals surface area contributed by atoms with E-state index in [-0.39, 0.29) is 18.0 Å². The van der Waals surface area contributed by atoms with Gasteiger partial charge in [-0.3, -0.25) is 4.79 Å². The lowest BCUT2D eigenvalue weighted by atomic mass is 10.0. The van der Waals surface area contributed by atoms with E-state index < -0.39 is 5.60 Å². The van der Waals surface area contributed by atoms with E-state index in [1.54, 1.807) is 11.9 Å². The molecule has 0 saturated carbocycles. The van der Waals surface area contributed by atoms with Gasteiger partial charge in [-0.1, -0.05) is 13.5 Å². The van der Waals surface area contributed by atoms with E-state index in [9.17, 15) is 9.59 Å². The second-order valence-corrected chi connectivity index (χ2v) is 7.77. The van der Waals surface area contributed by atoms with Crippen LogP contribution in [0.1, 0.15) is 56.7 Å². The Morgan fingerprint density at radius 2 is 2.00 bits per heavy atom. The van der Waals surface area contributed by atoms with Gasteiger partial charge in [0, 0.05) is 11.9 Å². The van der Waals surface area contributed by atoms with Crippen LogP contribution in [0.3, 0.4) is 0 Å². The van der Waals surface area contributed by atoms with Gasteiger partial charge in [0.2, 0.25) is 5.91 Å². The summed E-state index contributed by atoms with van der Waals surface area (Å²) in [7, 11) is 1.73. The first-order valence-corrected chi connectivity index (χ1v) is 8.84. The highest BCUT2D eigenvalue weighted by Gasteiger charge is 2.27. The third-order valence-corrected chi connectivity index (χ3v) is 5.14. The van der Waals surface area contributed by atoms with Gasteiger partial charge >= 0.3 is 6.09 Å². The van der Waals surface area contributed by atoms with E-state index in [0.29, 0.717) is 0 Å². The number of anilines is 1. The maximum absolute atomic E-state index is 12.3. The summed E-state index contributed by atoms with van der Waals surface area (Å²) in [6.07, 6.45) is 1.72. The lowest BCUT2D eigenvalue weighted by molar-refractivity contribution is -0.111. The number of ether oxygens (including phenoxy) is 1. The number of amides is 2. The van der Waals surface area contributed by atoms with Crippen LogP contribution in [-0.2, 0) is 16.0 Å². The van der Waals surface area contributed by atoms with Crippen LogP contribution in [0.15, 0.2) is 12.7 Å². The van der Waals surface area contributed by atoms with Crippen LogP contribution in [0.4, 0.5) is 9.80 Å². The molecule has 0 fully saturated rings. The quantitative estimate of drug-likeness (QED) is 0.783. The van der Waals surface area contributed by atoms with Gasteiger partial charge in [-0.05, 0) is 58.2 Å². The normalized spacial score (nSPS) is 12.5. The summed E-state index contributed by atoms with van der Waals surface area (Å²) in [5, 5.41) is 3.65. The van der Waals surface area contributed by atoms with E-state index in [4.69, 9.17) is 4.74 Å². The molecule has 0 aliphatic carbocycles. The average Bonchev–Trinajstić information content (AvgIpc) is 2.79. The highest BCUT2D eigenvalue weighted by atomic mass is 32.1. The van der Waals surface area contributed by atoms with Gasteiger partial charge in [0.05, 0.1) is 11.0 Å². The van der Waals surface area contributed by atoms with Crippen LogP contribution in [0.5, 0.6) is 0 Å². The third kappa shape index (κ3) is 4.84. The Kier molecular flexibility index (Phi) is 6.60. The maximum Gasteiger partial charge on any atom is 0.410 e.